The number of aromatic nitrogens is 1. The molecule has 0 aliphatic carbocycles. The highest BCUT2D eigenvalue weighted by Crippen LogP contribution is 2.25. The highest BCUT2D eigenvalue weighted by Gasteiger charge is 2.15. The molecule has 0 atom stereocenters. The van der Waals surface area contributed by atoms with Crippen LogP contribution in [0.1, 0.15) is 19.5 Å². The van der Waals surface area contributed by atoms with Crippen LogP contribution < -0.4 is 0 Å². The van der Waals surface area contributed by atoms with Crippen molar-refractivity contribution in [1.82, 2.24) is 4.57 Å². The summed E-state index contributed by atoms with van der Waals surface area (Å²) in [6.07, 6.45) is 0. The Kier molecular flexibility index (Phi) is 3.34. The van der Waals surface area contributed by atoms with Crippen molar-refractivity contribution in [3.63, 3.8) is 0 Å². The second-order valence-electron chi connectivity index (χ2n) is 4.30. The Hall–Kier alpha value is -1.49. The first-order chi connectivity index (χ1) is 8.46. The summed E-state index contributed by atoms with van der Waals surface area (Å²) in [4.78, 5) is 0. The number of benzene rings is 1. The number of nitrogens with zero attached hydrogens (tertiary/aromatic N) is 1. The molecule has 1 N–H and O–H groups in total. The summed E-state index contributed by atoms with van der Waals surface area (Å²) in [7, 11) is -3.05. The molecule has 0 fully saturated rings. The molecule has 98 valence electrons. The molecular formula is C13H17NO3S. The van der Waals surface area contributed by atoms with Gasteiger partial charge in [0.2, 0.25) is 0 Å². The zero-order valence-electron chi connectivity index (χ0n) is 10.5. The summed E-state index contributed by atoms with van der Waals surface area (Å²) in [5.41, 5.74) is 1.65. The number of aryl methyl sites for hydroxylation is 1. The lowest BCUT2D eigenvalue weighted by Crippen LogP contribution is -2.10. The average Bonchev–Trinajstić information content (AvgIpc) is 2.64. The molecule has 0 saturated carbocycles. The molecule has 0 radical (unpaired) electrons. The summed E-state index contributed by atoms with van der Waals surface area (Å²) < 4.78 is 25.4. The number of hydrogen-bond acceptors (Lipinski definition) is 3. The zero-order chi connectivity index (χ0) is 13.3. The van der Waals surface area contributed by atoms with E-state index in [9.17, 15) is 13.5 Å². The van der Waals surface area contributed by atoms with Crippen LogP contribution in [-0.4, -0.2) is 23.8 Å². The van der Waals surface area contributed by atoms with E-state index in [4.69, 9.17) is 0 Å². The highest BCUT2D eigenvalue weighted by molar-refractivity contribution is 7.90. The third-order valence-corrected chi connectivity index (χ3v) is 4.71. The van der Waals surface area contributed by atoms with Crippen LogP contribution in [0.4, 0.5) is 0 Å². The minimum absolute atomic E-state index is 0.0484. The molecule has 0 amide bonds. The Morgan fingerprint density at radius 3 is 2.56 bits per heavy atom. The third-order valence-electron chi connectivity index (χ3n) is 3.10. The number of aromatic hydroxyl groups is 1. The minimum Gasteiger partial charge on any atom is -0.508 e. The van der Waals surface area contributed by atoms with Gasteiger partial charge in [0, 0.05) is 29.4 Å². The summed E-state index contributed by atoms with van der Waals surface area (Å²) in [6.45, 7) is 4.30. The van der Waals surface area contributed by atoms with Gasteiger partial charge in [-0.1, -0.05) is 6.92 Å². The Morgan fingerprint density at radius 2 is 1.94 bits per heavy atom. The van der Waals surface area contributed by atoms with Crippen LogP contribution in [0.15, 0.2) is 24.3 Å². The van der Waals surface area contributed by atoms with E-state index in [1.807, 2.05) is 17.6 Å². The molecule has 0 unspecified atom stereocenters. The van der Waals surface area contributed by atoms with E-state index < -0.39 is 9.84 Å². The topological polar surface area (TPSA) is 59.3 Å². The number of hydrogen-bond donors (Lipinski definition) is 1. The van der Waals surface area contributed by atoms with E-state index in [2.05, 4.69) is 0 Å². The van der Waals surface area contributed by atoms with E-state index in [0.717, 1.165) is 16.6 Å². The van der Waals surface area contributed by atoms with Crippen LogP contribution in [0, 0.1) is 0 Å². The first kappa shape index (κ1) is 13.0. The lowest BCUT2D eigenvalue weighted by molar-refractivity contribution is 0.476. The zero-order valence-corrected chi connectivity index (χ0v) is 11.4. The van der Waals surface area contributed by atoms with E-state index in [1.54, 1.807) is 25.1 Å². The number of fused-ring (bicyclic) bond motifs is 1. The van der Waals surface area contributed by atoms with Gasteiger partial charge < -0.3 is 9.67 Å². The fourth-order valence-corrected chi connectivity index (χ4v) is 3.01. The van der Waals surface area contributed by atoms with Crippen molar-refractivity contribution in [3.8, 4) is 5.75 Å². The highest BCUT2D eigenvalue weighted by atomic mass is 32.2. The fourth-order valence-electron chi connectivity index (χ4n) is 2.12. The smallest absolute Gasteiger partial charge is 0.155 e. The lowest BCUT2D eigenvalue weighted by atomic mass is 10.2. The maximum absolute atomic E-state index is 11.7. The summed E-state index contributed by atoms with van der Waals surface area (Å²) in [5.74, 6) is 0.385. The molecule has 0 bridgehead atoms. The molecule has 0 saturated heterocycles. The molecule has 0 aliphatic heterocycles. The van der Waals surface area contributed by atoms with Crippen molar-refractivity contribution in [2.45, 2.75) is 26.1 Å². The van der Waals surface area contributed by atoms with Gasteiger partial charge in [0.05, 0.1) is 11.3 Å². The maximum atomic E-state index is 11.7. The van der Waals surface area contributed by atoms with Gasteiger partial charge in [0.25, 0.3) is 0 Å². The summed E-state index contributed by atoms with van der Waals surface area (Å²) in [6, 6.07) is 6.96. The van der Waals surface area contributed by atoms with Gasteiger partial charge in [-0.15, -0.1) is 0 Å². The molecule has 1 heterocycles. The second-order valence-corrected chi connectivity index (χ2v) is 6.65. The molecule has 2 aromatic rings. The molecule has 2 rings (SSSR count). The quantitative estimate of drug-likeness (QED) is 0.924. The second kappa shape index (κ2) is 4.65. The molecule has 4 nitrogen and oxygen atoms in total. The van der Waals surface area contributed by atoms with Crippen molar-refractivity contribution >= 4 is 20.7 Å². The van der Waals surface area contributed by atoms with Gasteiger partial charge in [-0.2, -0.15) is 0 Å². The number of phenolic OH excluding ortho intramolecular Hbond substituents is 1. The van der Waals surface area contributed by atoms with Gasteiger partial charge in [-0.3, -0.25) is 0 Å². The van der Waals surface area contributed by atoms with Gasteiger partial charge >= 0.3 is 0 Å². The van der Waals surface area contributed by atoms with Crippen LogP contribution in [0.5, 0.6) is 5.75 Å². The predicted octanol–water partition coefficient (Wildman–Crippen LogP) is 2.30. The fraction of sp³-hybridized carbons (Fsp3) is 0.385. The Morgan fingerprint density at radius 1 is 1.22 bits per heavy atom. The number of phenols is 1. The summed E-state index contributed by atoms with van der Waals surface area (Å²) >= 11 is 0. The molecule has 18 heavy (non-hydrogen) atoms. The van der Waals surface area contributed by atoms with Crippen molar-refractivity contribution in [3.05, 3.63) is 30.0 Å². The molecule has 5 heteroatoms. The molecule has 0 spiro atoms. The van der Waals surface area contributed by atoms with Gasteiger partial charge in [0.1, 0.15) is 5.75 Å². The third kappa shape index (κ3) is 2.36. The van der Waals surface area contributed by atoms with Gasteiger partial charge in [-0.05, 0) is 25.1 Å². The monoisotopic (exact) mass is 267 g/mol. The van der Waals surface area contributed by atoms with Crippen molar-refractivity contribution in [2.75, 3.05) is 5.75 Å². The normalized spacial score (nSPS) is 12.1. The van der Waals surface area contributed by atoms with Crippen molar-refractivity contribution in [2.24, 2.45) is 0 Å². The first-order valence-electron chi connectivity index (χ1n) is 5.98. The van der Waals surface area contributed by atoms with E-state index >= 15 is 0 Å². The van der Waals surface area contributed by atoms with Crippen LogP contribution in [-0.2, 0) is 22.1 Å². The largest absolute Gasteiger partial charge is 0.508 e. The predicted molar refractivity (Wildman–Crippen MR) is 72.4 cm³/mol. The van der Waals surface area contributed by atoms with Crippen LogP contribution in [0.2, 0.25) is 0 Å². The molecule has 0 aliphatic rings. The van der Waals surface area contributed by atoms with Crippen LogP contribution in [0.25, 0.3) is 10.9 Å². The SMILES string of the molecule is CCn1c(CS(=O)(=O)CC)cc2ccc(O)cc21. The standard InChI is InChI=1S/C13H17NO3S/c1-3-14-11(9-18(16,17)4-2)7-10-5-6-12(15)8-13(10)14/h5-8,15H,3-4,9H2,1-2H3. The van der Waals surface area contributed by atoms with E-state index in [0.29, 0.717) is 6.54 Å². The average molecular weight is 267 g/mol. The molecule has 1 aromatic carbocycles. The van der Waals surface area contributed by atoms with Crippen LogP contribution >= 0.6 is 0 Å². The van der Waals surface area contributed by atoms with Crippen LogP contribution in [0.3, 0.4) is 0 Å². The number of sulfone groups is 1. The molecular weight excluding hydrogens is 250 g/mol. The van der Waals surface area contributed by atoms with E-state index in [1.165, 1.54) is 0 Å². The van der Waals surface area contributed by atoms with Crippen molar-refractivity contribution < 1.29 is 13.5 Å². The molecule has 1 aromatic heterocycles. The van der Waals surface area contributed by atoms with E-state index in [-0.39, 0.29) is 17.3 Å². The Balaban J connectivity index is 2.58. The van der Waals surface area contributed by atoms with Gasteiger partial charge in [-0.25, -0.2) is 8.42 Å². The van der Waals surface area contributed by atoms with Gasteiger partial charge in [0.15, 0.2) is 9.84 Å². The Bertz CT molecular complexity index is 671. The lowest BCUT2D eigenvalue weighted by Gasteiger charge is -2.07. The first-order valence-corrected chi connectivity index (χ1v) is 7.80. The summed E-state index contributed by atoms with van der Waals surface area (Å²) in [5, 5.41) is 10.5. The minimum atomic E-state index is -3.05. The maximum Gasteiger partial charge on any atom is 0.155 e. The Labute approximate surface area is 107 Å². The number of rotatable bonds is 4. The van der Waals surface area contributed by atoms with Crippen molar-refractivity contribution in [1.29, 1.82) is 0 Å².